The Kier molecular flexibility index (Phi) is 5.79. The maximum atomic E-state index is 12.9. The van der Waals surface area contributed by atoms with E-state index in [1.165, 1.54) is 0 Å². The number of rotatable bonds is 7. The zero-order chi connectivity index (χ0) is 19.6. The Balaban J connectivity index is 1.75. The van der Waals surface area contributed by atoms with Crippen molar-refractivity contribution in [1.29, 1.82) is 0 Å². The van der Waals surface area contributed by atoms with Gasteiger partial charge in [-0.25, -0.2) is 9.67 Å². The maximum absolute atomic E-state index is 12.9. The number of hydrogen-bond donors (Lipinski definition) is 1. The highest BCUT2D eigenvalue weighted by Gasteiger charge is 2.18. The van der Waals surface area contributed by atoms with Crippen molar-refractivity contribution in [3.63, 3.8) is 0 Å². The number of carbonyl (C=O) groups is 1. The minimum absolute atomic E-state index is 0.0994. The molecule has 144 valence electrons. The molecule has 0 unspecified atom stereocenters. The molecule has 3 aromatic rings. The number of pyridine rings is 1. The van der Waals surface area contributed by atoms with Crippen molar-refractivity contribution in [1.82, 2.24) is 29.9 Å². The predicted octanol–water partition coefficient (Wildman–Crippen LogP) is 3.69. The fourth-order valence-corrected chi connectivity index (χ4v) is 3.51. The molecule has 0 aliphatic carbocycles. The van der Waals surface area contributed by atoms with Gasteiger partial charge in [-0.05, 0) is 39.7 Å². The van der Waals surface area contributed by atoms with Gasteiger partial charge in [0.05, 0.1) is 33.9 Å². The molecule has 0 bridgehead atoms. The molecule has 0 saturated carbocycles. The summed E-state index contributed by atoms with van der Waals surface area (Å²) in [7, 11) is 0. The molecule has 1 N–H and O–H groups in total. The Morgan fingerprint density at radius 3 is 2.74 bits per heavy atom. The van der Waals surface area contributed by atoms with Gasteiger partial charge in [0.2, 0.25) is 0 Å². The summed E-state index contributed by atoms with van der Waals surface area (Å²) in [6, 6.07) is 2.03. The number of nitrogens with zero attached hydrogens (tertiary/aromatic N) is 5. The second-order valence-electron chi connectivity index (χ2n) is 6.66. The molecule has 0 radical (unpaired) electrons. The molecule has 27 heavy (non-hydrogen) atoms. The van der Waals surface area contributed by atoms with Crippen LogP contribution in [-0.4, -0.2) is 37.0 Å². The lowest BCUT2D eigenvalue weighted by Crippen LogP contribution is -2.27. The minimum atomic E-state index is -0.0994. The van der Waals surface area contributed by atoms with Crippen LogP contribution in [0, 0.1) is 13.8 Å². The Morgan fingerprint density at radius 1 is 1.33 bits per heavy atom. The van der Waals surface area contributed by atoms with Gasteiger partial charge in [0.15, 0.2) is 5.65 Å². The average molecular weight is 389 g/mol. The van der Waals surface area contributed by atoms with Gasteiger partial charge in [0, 0.05) is 25.0 Å². The molecule has 3 heterocycles. The van der Waals surface area contributed by atoms with Crippen LogP contribution in [0.4, 0.5) is 0 Å². The summed E-state index contributed by atoms with van der Waals surface area (Å²) in [6.07, 6.45) is 5.14. The van der Waals surface area contributed by atoms with Crippen LogP contribution in [0.1, 0.15) is 54.5 Å². The van der Waals surface area contributed by atoms with Gasteiger partial charge >= 0.3 is 0 Å². The second kappa shape index (κ2) is 8.08. The van der Waals surface area contributed by atoms with Gasteiger partial charge < -0.3 is 5.32 Å². The molecular weight excluding hydrogens is 364 g/mol. The third kappa shape index (κ3) is 3.98. The molecule has 0 saturated heterocycles. The fraction of sp³-hybridized carbons (Fsp3) is 0.474. The lowest BCUT2D eigenvalue weighted by molar-refractivity contribution is 0.0952. The highest BCUT2D eigenvalue weighted by molar-refractivity contribution is 6.30. The topological polar surface area (TPSA) is 77.6 Å². The van der Waals surface area contributed by atoms with Crippen LogP contribution in [0.5, 0.6) is 0 Å². The van der Waals surface area contributed by atoms with Crippen molar-refractivity contribution in [3.05, 3.63) is 40.4 Å². The van der Waals surface area contributed by atoms with Crippen molar-refractivity contribution < 1.29 is 4.79 Å². The zero-order valence-electron chi connectivity index (χ0n) is 16.2. The van der Waals surface area contributed by atoms with Gasteiger partial charge in [-0.2, -0.15) is 10.2 Å². The molecule has 0 aliphatic rings. The highest BCUT2D eigenvalue weighted by atomic mass is 35.5. The number of carbonyl (C=O) groups excluding carboxylic acids is 1. The third-order valence-corrected chi connectivity index (χ3v) is 4.92. The van der Waals surface area contributed by atoms with Crippen LogP contribution < -0.4 is 5.32 Å². The largest absolute Gasteiger partial charge is 0.352 e. The van der Waals surface area contributed by atoms with Crippen LogP contribution in [0.3, 0.4) is 0 Å². The minimum Gasteiger partial charge on any atom is -0.352 e. The van der Waals surface area contributed by atoms with Crippen LogP contribution >= 0.6 is 11.6 Å². The number of amides is 1. The first-order valence-electron chi connectivity index (χ1n) is 9.27. The van der Waals surface area contributed by atoms with Crippen molar-refractivity contribution in [2.75, 3.05) is 6.54 Å². The lowest BCUT2D eigenvalue weighted by atomic mass is 10.1. The van der Waals surface area contributed by atoms with Gasteiger partial charge in [-0.3, -0.25) is 9.48 Å². The first kappa shape index (κ1) is 19.4. The number of halogens is 1. The first-order valence-corrected chi connectivity index (χ1v) is 9.65. The van der Waals surface area contributed by atoms with E-state index in [1.807, 2.05) is 42.4 Å². The molecule has 3 rings (SSSR count). The molecular formula is C19H25ClN6O. The Morgan fingerprint density at radius 2 is 2.11 bits per heavy atom. The van der Waals surface area contributed by atoms with Gasteiger partial charge in [-0.15, -0.1) is 0 Å². The standard InChI is InChI=1S/C19H25ClN6O/c1-5-15(26-11-14(20)10-22-26)7-8-21-19(27)16-9-12(3)23-18-17(16)13(4)24-25(18)6-2/h9-11,15H,5-8H2,1-4H3,(H,21,27)/t15-/m1/s1. The summed E-state index contributed by atoms with van der Waals surface area (Å²) in [5.41, 5.74) is 3.02. The van der Waals surface area contributed by atoms with Crippen molar-refractivity contribution in [2.24, 2.45) is 0 Å². The maximum Gasteiger partial charge on any atom is 0.252 e. The lowest BCUT2D eigenvalue weighted by Gasteiger charge is -2.16. The SMILES string of the molecule is CC[C@H](CCNC(=O)c1cc(C)nc2c1c(C)nn2CC)n1cc(Cl)cn1. The molecule has 1 amide bonds. The van der Waals surface area contributed by atoms with Crippen LogP contribution in [0.2, 0.25) is 5.02 Å². The summed E-state index contributed by atoms with van der Waals surface area (Å²) in [6.45, 7) is 9.19. The van der Waals surface area contributed by atoms with Gasteiger partial charge in [0.25, 0.3) is 5.91 Å². The highest BCUT2D eigenvalue weighted by Crippen LogP contribution is 2.22. The van der Waals surface area contributed by atoms with Crippen molar-refractivity contribution in [2.45, 2.75) is 53.1 Å². The molecule has 1 atom stereocenters. The molecule has 3 aromatic heterocycles. The van der Waals surface area contributed by atoms with Crippen molar-refractivity contribution >= 4 is 28.5 Å². The van der Waals surface area contributed by atoms with E-state index in [0.29, 0.717) is 23.7 Å². The number of aromatic nitrogens is 5. The number of aryl methyl sites for hydroxylation is 3. The first-order chi connectivity index (χ1) is 12.9. The van der Waals surface area contributed by atoms with E-state index in [4.69, 9.17) is 11.6 Å². The molecule has 0 fully saturated rings. The number of hydrogen-bond acceptors (Lipinski definition) is 4. The Hall–Kier alpha value is -2.41. The monoisotopic (exact) mass is 388 g/mol. The molecule has 0 aromatic carbocycles. The van der Waals surface area contributed by atoms with Crippen LogP contribution in [0.25, 0.3) is 11.0 Å². The number of fused-ring (bicyclic) bond motifs is 1. The van der Waals surface area contributed by atoms with Crippen molar-refractivity contribution in [3.8, 4) is 0 Å². The van der Waals surface area contributed by atoms with E-state index in [1.54, 1.807) is 6.20 Å². The molecule has 0 aliphatic heterocycles. The predicted molar refractivity (Wildman–Crippen MR) is 106 cm³/mol. The summed E-state index contributed by atoms with van der Waals surface area (Å²) >= 11 is 5.96. The fourth-order valence-electron chi connectivity index (χ4n) is 3.36. The van der Waals surface area contributed by atoms with E-state index in [0.717, 1.165) is 35.3 Å². The van der Waals surface area contributed by atoms with Crippen LogP contribution in [0.15, 0.2) is 18.5 Å². The summed E-state index contributed by atoms with van der Waals surface area (Å²) < 4.78 is 3.70. The van der Waals surface area contributed by atoms with E-state index in [-0.39, 0.29) is 11.9 Å². The molecule has 8 heteroatoms. The Labute approximate surface area is 163 Å². The van der Waals surface area contributed by atoms with E-state index in [9.17, 15) is 4.79 Å². The quantitative estimate of drug-likeness (QED) is 0.669. The zero-order valence-corrected chi connectivity index (χ0v) is 16.9. The molecule has 0 spiro atoms. The smallest absolute Gasteiger partial charge is 0.252 e. The van der Waals surface area contributed by atoms with Gasteiger partial charge in [-0.1, -0.05) is 18.5 Å². The van der Waals surface area contributed by atoms with Crippen LogP contribution in [-0.2, 0) is 6.54 Å². The molecule has 7 nitrogen and oxygen atoms in total. The van der Waals surface area contributed by atoms with E-state index >= 15 is 0 Å². The average Bonchev–Trinajstić information content (AvgIpc) is 3.21. The van der Waals surface area contributed by atoms with E-state index < -0.39 is 0 Å². The van der Waals surface area contributed by atoms with Gasteiger partial charge in [0.1, 0.15) is 0 Å². The Bertz CT molecular complexity index is 961. The second-order valence-corrected chi connectivity index (χ2v) is 7.09. The summed E-state index contributed by atoms with van der Waals surface area (Å²) in [4.78, 5) is 17.4. The summed E-state index contributed by atoms with van der Waals surface area (Å²) in [5, 5.41) is 13.3. The summed E-state index contributed by atoms with van der Waals surface area (Å²) in [5.74, 6) is -0.0994. The van der Waals surface area contributed by atoms with E-state index in [2.05, 4.69) is 27.4 Å². The normalized spacial score (nSPS) is 12.5. The number of nitrogens with one attached hydrogen (secondary N) is 1. The third-order valence-electron chi connectivity index (χ3n) is 4.73.